The SMILES string of the molecule is CNCC1CCN(C(=O)c2cnn3c(C)c(C)ccc23)CC1. The summed E-state index contributed by atoms with van der Waals surface area (Å²) in [5.41, 5.74) is 3.90. The second-order valence-electron chi connectivity index (χ2n) is 6.25. The summed E-state index contributed by atoms with van der Waals surface area (Å²) in [4.78, 5) is 14.8. The van der Waals surface area contributed by atoms with Crippen LogP contribution in [0.25, 0.3) is 5.52 Å². The summed E-state index contributed by atoms with van der Waals surface area (Å²) in [7, 11) is 1.99. The van der Waals surface area contributed by atoms with Gasteiger partial charge >= 0.3 is 0 Å². The molecule has 0 radical (unpaired) electrons. The fraction of sp³-hybridized carbons (Fsp3) is 0.529. The van der Waals surface area contributed by atoms with E-state index in [9.17, 15) is 4.79 Å². The van der Waals surface area contributed by atoms with Gasteiger partial charge in [0.15, 0.2) is 0 Å². The molecular formula is C17H24N4O. The molecule has 0 bridgehead atoms. The summed E-state index contributed by atoms with van der Waals surface area (Å²) in [6.45, 7) is 6.81. The van der Waals surface area contributed by atoms with Crippen LogP contribution in [0.1, 0.15) is 34.5 Å². The molecule has 1 aliphatic rings. The normalized spacial score (nSPS) is 16.4. The Kier molecular flexibility index (Phi) is 4.16. The first-order chi connectivity index (χ1) is 10.6. The number of rotatable bonds is 3. The van der Waals surface area contributed by atoms with Crippen molar-refractivity contribution in [1.82, 2.24) is 19.8 Å². The molecule has 1 N–H and O–H groups in total. The minimum Gasteiger partial charge on any atom is -0.339 e. The zero-order valence-electron chi connectivity index (χ0n) is 13.6. The van der Waals surface area contributed by atoms with Gasteiger partial charge in [0.05, 0.1) is 17.3 Å². The third-order valence-electron chi connectivity index (χ3n) is 4.81. The van der Waals surface area contributed by atoms with Crippen LogP contribution in [0.2, 0.25) is 0 Å². The Labute approximate surface area is 131 Å². The molecule has 0 aromatic carbocycles. The van der Waals surface area contributed by atoms with Gasteiger partial charge in [0.25, 0.3) is 5.91 Å². The summed E-state index contributed by atoms with van der Waals surface area (Å²) < 4.78 is 1.87. The highest BCUT2D eigenvalue weighted by molar-refractivity contribution is 6.00. The third-order valence-corrected chi connectivity index (χ3v) is 4.81. The van der Waals surface area contributed by atoms with Gasteiger partial charge in [0, 0.05) is 18.8 Å². The molecule has 0 unspecified atom stereocenters. The van der Waals surface area contributed by atoms with Gasteiger partial charge in [0.2, 0.25) is 0 Å². The Bertz CT molecular complexity index is 683. The molecule has 2 aromatic rings. The number of aromatic nitrogens is 2. The number of carbonyl (C=O) groups excluding carboxylic acids is 1. The molecule has 1 saturated heterocycles. The molecule has 3 rings (SSSR count). The fourth-order valence-electron chi connectivity index (χ4n) is 3.24. The highest BCUT2D eigenvalue weighted by Crippen LogP contribution is 2.21. The number of aryl methyl sites for hydroxylation is 2. The molecule has 0 atom stereocenters. The first-order valence-corrected chi connectivity index (χ1v) is 7.99. The Balaban J connectivity index is 1.80. The maximum absolute atomic E-state index is 12.8. The number of nitrogens with one attached hydrogen (secondary N) is 1. The topological polar surface area (TPSA) is 49.6 Å². The van der Waals surface area contributed by atoms with Crippen LogP contribution >= 0.6 is 0 Å². The van der Waals surface area contributed by atoms with Gasteiger partial charge < -0.3 is 10.2 Å². The van der Waals surface area contributed by atoms with Crippen LogP contribution < -0.4 is 5.32 Å². The lowest BCUT2D eigenvalue weighted by Gasteiger charge is -2.31. The minimum atomic E-state index is 0.112. The number of pyridine rings is 1. The average Bonchev–Trinajstić information content (AvgIpc) is 2.96. The van der Waals surface area contributed by atoms with Gasteiger partial charge in [0.1, 0.15) is 0 Å². The van der Waals surface area contributed by atoms with E-state index < -0.39 is 0 Å². The quantitative estimate of drug-likeness (QED) is 0.943. The standard InChI is InChI=1S/C17H24N4O/c1-12-4-5-16-15(11-19-21(16)13(12)2)17(22)20-8-6-14(7-9-20)10-18-3/h4-5,11,14,18H,6-10H2,1-3H3. The van der Waals surface area contributed by atoms with Crippen LogP contribution in [0.4, 0.5) is 0 Å². The second-order valence-corrected chi connectivity index (χ2v) is 6.25. The van der Waals surface area contributed by atoms with Crippen LogP contribution in [0.15, 0.2) is 18.3 Å². The number of hydrogen-bond donors (Lipinski definition) is 1. The van der Waals surface area contributed by atoms with Crippen molar-refractivity contribution in [3.05, 3.63) is 35.2 Å². The second kappa shape index (κ2) is 6.08. The average molecular weight is 300 g/mol. The van der Waals surface area contributed by atoms with Gasteiger partial charge in [-0.2, -0.15) is 5.10 Å². The zero-order chi connectivity index (χ0) is 15.7. The monoisotopic (exact) mass is 300 g/mol. The zero-order valence-corrected chi connectivity index (χ0v) is 13.6. The molecule has 22 heavy (non-hydrogen) atoms. The summed E-state index contributed by atoms with van der Waals surface area (Å²) in [5, 5.41) is 7.63. The number of hydrogen-bond acceptors (Lipinski definition) is 3. The van der Waals surface area contributed by atoms with E-state index in [-0.39, 0.29) is 5.91 Å². The number of fused-ring (bicyclic) bond motifs is 1. The van der Waals surface area contributed by atoms with Gasteiger partial charge in [-0.15, -0.1) is 0 Å². The number of amides is 1. The number of carbonyl (C=O) groups is 1. The lowest BCUT2D eigenvalue weighted by Crippen LogP contribution is -2.40. The van der Waals surface area contributed by atoms with E-state index in [2.05, 4.69) is 23.4 Å². The first-order valence-electron chi connectivity index (χ1n) is 7.99. The summed E-state index contributed by atoms with van der Waals surface area (Å²) in [6.07, 6.45) is 3.86. The van der Waals surface area contributed by atoms with E-state index in [1.807, 2.05) is 29.5 Å². The summed E-state index contributed by atoms with van der Waals surface area (Å²) in [5.74, 6) is 0.795. The maximum Gasteiger partial charge on any atom is 0.257 e. The van der Waals surface area contributed by atoms with Crippen molar-refractivity contribution in [2.24, 2.45) is 5.92 Å². The number of piperidine rings is 1. The molecule has 0 spiro atoms. The molecule has 3 heterocycles. The Morgan fingerprint density at radius 2 is 2.05 bits per heavy atom. The van der Waals surface area contributed by atoms with Crippen molar-refractivity contribution >= 4 is 11.4 Å². The molecule has 5 heteroatoms. The molecule has 1 amide bonds. The third kappa shape index (κ3) is 2.61. The molecule has 1 aliphatic heterocycles. The minimum absolute atomic E-state index is 0.112. The number of likely N-dealkylation sites (tertiary alicyclic amines) is 1. The molecule has 0 saturated carbocycles. The maximum atomic E-state index is 12.8. The Morgan fingerprint density at radius 3 is 2.73 bits per heavy atom. The lowest BCUT2D eigenvalue weighted by atomic mass is 9.96. The highest BCUT2D eigenvalue weighted by Gasteiger charge is 2.25. The van der Waals surface area contributed by atoms with Crippen LogP contribution in [0.5, 0.6) is 0 Å². The predicted octanol–water partition coefficient (Wildman–Crippen LogP) is 2.02. The van der Waals surface area contributed by atoms with Crippen molar-refractivity contribution in [2.45, 2.75) is 26.7 Å². The highest BCUT2D eigenvalue weighted by atomic mass is 16.2. The fourth-order valence-corrected chi connectivity index (χ4v) is 3.24. The molecular weight excluding hydrogens is 276 g/mol. The predicted molar refractivity (Wildman–Crippen MR) is 87.2 cm³/mol. The van der Waals surface area contributed by atoms with Crippen LogP contribution in [-0.4, -0.2) is 47.1 Å². The molecule has 118 valence electrons. The van der Waals surface area contributed by atoms with Crippen LogP contribution in [0.3, 0.4) is 0 Å². The van der Waals surface area contributed by atoms with Crippen molar-refractivity contribution in [2.75, 3.05) is 26.7 Å². The smallest absolute Gasteiger partial charge is 0.257 e. The van der Waals surface area contributed by atoms with E-state index in [1.54, 1.807) is 6.20 Å². The molecule has 0 aliphatic carbocycles. The largest absolute Gasteiger partial charge is 0.339 e. The lowest BCUT2D eigenvalue weighted by molar-refractivity contribution is 0.0693. The van der Waals surface area contributed by atoms with Crippen molar-refractivity contribution in [1.29, 1.82) is 0 Å². The van der Waals surface area contributed by atoms with Crippen LogP contribution in [0, 0.1) is 19.8 Å². The van der Waals surface area contributed by atoms with Crippen LogP contribution in [-0.2, 0) is 0 Å². The van der Waals surface area contributed by atoms with Gasteiger partial charge in [-0.05, 0) is 57.8 Å². The van der Waals surface area contributed by atoms with Crippen molar-refractivity contribution in [3.63, 3.8) is 0 Å². The summed E-state index contributed by atoms with van der Waals surface area (Å²) in [6, 6.07) is 4.05. The first kappa shape index (κ1) is 15.0. The van der Waals surface area contributed by atoms with E-state index in [1.165, 1.54) is 5.56 Å². The summed E-state index contributed by atoms with van der Waals surface area (Å²) >= 11 is 0. The Hall–Kier alpha value is -1.88. The van der Waals surface area contributed by atoms with Crippen molar-refractivity contribution in [3.8, 4) is 0 Å². The van der Waals surface area contributed by atoms with E-state index >= 15 is 0 Å². The van der Waals surface area contributed by atoms with E-state index in [0.29, 0.717) is 5.92 Å². The molecule has 5 nitrogen and oxygen atoms in total. The molecule has 2 aromatic heterocycles. The van der Waals surface area contributed by atoms with Gasteiger partial charge in [-0.1, -0.05) is 6.07 Å². The van der Waals surface area contributed by atoms with Crippen molar-refractivity contribution < 1.29 is 4.79 Å². The molecule has 1 fully saturated rings. The van der Waals surface area contributed by atoms with E-state index in [0.717, 1.165) is 49.2 Å². The number of nitrogens with zero attached hydrogens (tertiary/aromatic N) is 3. The Morgan fingerprint density at radius 1 is 1.32 bits per heavy atom. The van der Waals surface area contributed by atoms with Gasteiger partial charge in [-0.25, -0.2) is 4.52 Å². The van der Waals surface area contributed by atoms with E-state index in [4.69, 9.17) is 0 Å². The van der Waals surface area contributed by atoms with Gasteiger partial charge in [-0.3, -0.25) is 4.79 Å².